The summed E-state index contributed by atoms with van der Waals surface area (Å²) in [5.41, 5.74) is 18.7. The third-order valence-corrected chi connectivity index (χ3v) is 15.1. The van der Waals surface area contributed by atoms with E-state index < -0.39 is 5.41 Å². The molecule has 69 heavy (non-hydrogen) atoms. The molecule has 14 aromatic rings. The normalized spacial score (nSPS) is 13.0. The van der Waals surface area contributed by atoms with Crippen LogP contribution in [0.4, 0.5) is 0 Å². The summed E-state index contributed by atoms with van der Waals surface area (Å²) in [5, 5.41) is 7.52. The van der Waals surface area contributed by atoms with Gasteiger partial charge in [0.25, 0.3) is 0 Å². The highest BCUT2D eigenvalue weighted by Crippen LogP contribution is 2.57. The van der Waals surface area contributed by atoms with Crippen LogP contribution in [-0.4, -0.2) is 18.3 Å². The lowest BCUT2D eigenvalue weighted by atomic mass is 9.67. The fourth-order valence-electron chi connectivity index (χ4n) is 12.3. The van der Waals surface area contributed by atoms with Crippen molar-refractivity contribution < 1.29 is 0 Å². The monoisotopic (exact) mass is 878 g/mol. The molecule has 322 valence electrons. The van der Waals surface area contributed by atoms with Crippen molar-refractivity contribution in [2.45, 2.75) is 5.41 Å². The SMILES string of the molecule is c1ccc(-n2ccc3c4c5ccccc5n(-c5ccc6c(c5)C(c5ccccc5)(c5ccccc5)c5cc(-n7c8ccccc8c8c9ccn(-c%10ccccc%10)c9ccc87)ccc5-6)c4ccc32)cc1. The van der Waals surface area contributed by atoms with E-state index in [-0.39, 0.29) is 0 Å². The van der Waals surface area contributed by atoms with Crippen LogP contribution in [-0.2, 0) is 5.41 Å². The molecule has 0 amide bonds. The van der Waals surface area contributed by atoms with Gasteiger partial charge in [-0.3, -0.25) is 0 Å². The predicted molar refractivity (Wildman–Crippen MR) is 286 cm³/mol. The highest BCUT2D eigenvalue weighted by atomic mass is 15.0. The van der Waals surface area contributed by atoms with Crippen LogP contribution in [0.1, 0.15) is 22.3 Å². The Labute approximate surface area is 398 Å². The number of fused-ring (bicyclic) bond motifs is 13. The molecular formula is C65H42N4. The van der Waals surface area contributed by atoms with E-state index in [0.717, 1.165) is 22.7 Å². The molecule has 1 aliphatic carbocycles. The zero-order valence-electron chi connectivity index (χ0n) is 37.5. The summed E-state index contributed by atoms with van der Waals surface area (Å²) in [6, 6.07) is 89.7. The Balaban J connectivity index is 0.981. The molecule has 1 aliphatic rings. The van der Waals surface area contributed by atoms with Crippen molar-refractivity contribution in [2.75, 3.05) is 0 Å². The average molecular weight is 879 g/mol. The number of hydrogen-bond donors (Lipinski definition) is 0. The second kappa shape index (κ2) is 14.4. The predicted octanol–water partition coefficient (Wildman–Crippen LogP) is 16.1. The van der Waals surface area contributed by atoms with Gasteiger partial charge in [-0.1, -0.05) is 146 Å². The maximum atomic E-state index is 2.49. The van der Waals surface area contributed by atoms with Crippen molar-refractivity contribution in [1.82, 2.24) is 18.3 Å². The van der Waals surface area contributed by atoms with Gasteiger partial charge in [-0.25, -0.2) is 0 Å². The Morgan fingerprint density at radius 1 is 0.261 bits per heavy atom. The van der Waals surface area contributed by atoms with E-state index in [1.807, 2.05) is 0 Å². The molecule has 0 radical (unpaired) electrons. The Hall–Kier alpha value is -9.12. The van der Waals surface area contributed by atoms with E-state index in [1.165, 1.54) is 98.8 Å². The summed E-state index contributed by atoms with van der Waals surface area (Å²) in [6.07, 6.45) is 4.42. The number of rotatable bonds is 6. The zero-order valence-corrected chi connectivity index (χ0v) is 37.5. The molecule has 4 nitrogen and oxygen atoms in total. The van der Waals surface area contributed by atoms with E-state index in [1.54, 1.807) is 0 Å². The van der Waals surface area contributed by atoms with Gasteiger partial charge in [-0.05, 0) is 130 Å². The summed E-state index contributed by atoms with van der Waals surface area (Å²) in [5.74, 6) is 0. The molecular weight excluding hydrogens is 837 g/mol. The van der Waals surface area contributed by atoms with E-state index in [2.05, 4.69) is 273 Å². The number of aromatic nitrogens is 4. The molecule has 0 unspecified atom stereocenters. The van der Waals surface area contributed by atoms with Gasteiger partial charge in [-0.15, -0.1) is 0 Å². The van der Waals surface area contributed by atoms with Crippen molar-refractivity contribution in [2.24, 2.45) is 0 Å². The van der Waals surface area contributed by atoms with E-state index in [0.29, 0.717) is 0 Å². The maximum absolute atomic E-state index is 2.49. The third-order valence-electron chi connectivity index (χ3n) is 15.1. The van der Waals surface area contributed by atoms with E-state index in [4.69, 9.17) is 0 Å². The summed E-state index contributed by atoms with van der Waals surface area (Å²) in [6.45, 7) is 0. The maximum Gasteiger partial charge on any atom is 0.0715 e. The van der Waals surface area contributed by atoms with Crippen molar-refractivity contribution in [3.63, 3.8) is 0 Å². The first-order valence-electron chi connectivity index (χ1n) is 23.8. The van der Waals surface area contributed by atoms with Crippen molar-refractivity contribution in [3.05, 3.63) is 277 Å². The second-order valence-corrected chi connectivity index (χ2v) is 18.5. The van der Waals surface area contributed by atoms with Crippen LogP contribution in [0.5, 0.6) is 0 Å². The van der Waals surface area contributed by atoms with E-state index >= 15 is 0 Å². The Morgan fingerprint density at radius 3 is 1.06 bits per heavy atom. The van der Waals surface area contributed by atoms with Gasteiger partial charge < -0.3 is 18.3 Å². The quantitative estimate of drug-likeness (QED) is 0.159. The number of nitrogens with zero attached hydrogens (tertiary/aromatic N) is 4. The molecule has 0 aliphatic heterocycles. The summed E-state index contributed by atoms with van der Waals surface area (Å²) in [7, 11) is 0. The first-order chi connectivity index (χ1) is 34.3. The molecule has 10 aromatic carbocycles. The van der Waals surface area contributed by atoms with Crippen molar-refractivity contribution in [1.29, 1.82) is 0 Å². The van der Waals surface area contributed by atoms with Gasteiger partial charge in [0.1, 0.15) is 0 Å². The first kappa shape index (κ1) is 38.0. The Bertz CT molecular complexity index is 4060. The lowest BCUT2D eigenvalue weighted by molar-refractivity contribution is 0.766. The Kier molecular flexibility index (Phi) is 7.96. The standard InChI is InChI=1S/C65H42N4/c1-5-17-43(18-6-1)65(44-19-7-2-8-20-44)55-41-47(68-59-27-15-13-25-51(59)63-53-37-39-66(45-21-9-3-10-22-45)57(53)33-35-61(63)68)29-31-49(55)50-32-30-48(42-56(50)65)69-60-28-16-14-26-52(60)64-54-38-40-67(46-23-11-4-12-24-46)58(54)34-36-62(64)69/h1-42H. The zero-order chi connectivity index (χ0) is 45.2. The van der Waals surface area contributed by atoms with Gasteiger partial charge in [-0.2, -0.15) is 0 Å². The van der Waals surface area contributed by atoms with Crippen molar-refractivity contribution in [3.8, 4) is 33.9 Å². The minimum Gasteiger partial charge on any atom is -0.317 e. The molecule has 15 rings (SSSR count). The van der Waals surface area contributed by atoms with Crippen molar-refractivity contribution >= 4 is 65.4 Å². The molecule has 0 fully saturated rings. The number of hydrogen-bond acceptors (Lipinski definition) is 0. The minimum atomic E-state index is -0.628. The van der Waals surface area contributed by atoms with Crippen LogP contribution in [0.2, 0.25) is 0 Å². The van der Waals surface area contributed by atoms with Crippen LogP contribution >= 0.6 is 0 Å². The summed E-state index contributed by atoms with van der Waals surface area (Å²) >= 11 is 0. The number of para-hydroxylation sites is 4. The topological polar surface area (TPSA) is 19.7 Å². The molecule has 4 heterocycles. The fraction of sp³-hybridized carbons (Fsp3) is 0.0154. The molecule has 0 bridgehead atoms. The van der Waals surface area contributed by atoms with Crippen LogP contribution in [0.25, 0.3) is 99.3 Å². The minimum absolute atomic E-state index is 0.628. The largest absolute Gasteiger partial charge is 0.317 e. The lowest BCUT2D eigenvalue weighted by Crippen LogP contribution is -2.28. The van der Waals surface area contributed by atoms with Gasteiger partial charge in [0.15, 0.2) is 0 Å². The third kappa shape index (κ3) is 5.23. The highest BCUT2D eigenvalue weighted by molar-refractivity contribution is 6.22. The molecule has 0 atom stereocenters. The Morgan fingerprint density at radius 2 is 0.623 bits per heavy atom. The fourth-order valence-corrected chi connectivity index (χ4v) is 12.3. The van der Waals surface area contributed by atoms with Crippen LogP contribution in [0, 0.1) is 0 Å². The molecule has 0 saturated carbocycles. The van der Waals surface area contributed by atoms with Gasteiger partial charge in [0, 0.05) is 67.5 Å². The molecule has 4 aromatic heterocycles. The first-order valence-corrected chi connectivity index (χ1v) is 23.8. The van der Waals surface area contributed by atoms with E-state index in [9.17, 15) is 0 Å². The van der Waals surface area contributed by atoms with Crippen LogP contribution in [0.3, 0.4) is 0 Å². The van der Waals surface area contributed by atoms with Gasteiger partial charge in [0.2, 0.25) is 0 Å². The van der Waals surface area contributed by atoms with Gasteiger partial charge >= 0.3 is 0 Å². The molecule has 4 heteroatoms. The second-order valence-electron chi connectivity index (χ2n) is 18.5. The number of benzene rings is 10. The molecule has 0 N–H and O–H groups in total. The summed E-state index contributed by atoms with van der Waals surface area (Å²) in [4.78, 5) is 0. The van der Waals surface area contributed by atoms with Crippen LogP contribution in [0.15, 0.2) is 255 Å². The summed E-state index contributed by atoms with van der Waals surface area (Å²) < 4.78 is 9.59. The smallest absolute Gasteiger partial charge is 0.0715 e. The van der Waals surface area contributed by atoms with Crippen LogP contribution < -0.4 is 0 Å². The lowest BCUT2D eigenvalue weighted by Gasteiger charge is -2.34. The van der Waals surface area contributed by atoms with Gasteiger partial charge in [0.05, 0.1) is 38.5 Å². The average Bonchev–Trinajstić information content (AvgIpc) is 4.25. The molecule has 0 saturated heterocycles. The highest BCUT2D eigenvalue weighted by Gasteiger charge is 2.46. The molecule has 0 spiro atoms.